The molecule has 0 spiro atoms. The van der Waals surface area contributed by atoms with Crippen molar-refractivity contribution in [2.24, 2.45) is 5.92 Å². The van der Waals surface area contributed by atoms with Gasteiger partial charge in [-0.2, -0.15) is 0 Å². The van der Waals surface area contributed by atoms with E-state index in [-0.39, 0.29) is 5.92 Å². The number of anilines is 2. The third kappa shape index (κ3) is 3.57. The number of nitrogens with zero attached hydrogens (tertiary/aromatic N) is 2. The zero-order chi connectivity index (χ0) is 13.0. The Morgan fingerprint density at radius 1 is 1.39 bits per heavy atom. The Kier molecular flexibility index (Phi) is 4.36. The summed E-state index contributed by atoms with van der Waals surface area (Å²) in [6.45, 7) is 6.80. The minimum Gasteiger partial charge on any atom is -0.384 e. The zero-order valence-corrected chi connectivity index (χ0v) is 11.1. The molecule has 0 saturated carbocycles. The van der Waals surface area contributed by atoms with E-state index < -0.39 is 0 Å². The van der Waals surface area contributed by atoms with E-state index in [2.05, 4.69) is 29.1 Å². The summed E-state index contributed by atoms with van der Waals surface area (Å²) in [5.41, 5.74) is 5.79. The summed E-state index contributed by atoms with van der Waals surface area (Å²) in [6.07, 6.45) is 2.23. The molecule has 100 valence electrons. The smallest absolute Gasteiger partial charge is 0.135 e. The molecule has 0 unspecified atom stereocenters. The van der Waals surface area contributed by atoms with E-state index in [9.17, 15) is 0 Å². The number of rotatable bonds is 4. The summed E-state index contributed by atoms with van der Waals surface area (Å²) in [7, 11) is 0. The monoisotopic (exact) mass is 250 g/mol. The van der Waals surface area contributed by atoms with Crippen LogP contribution in [0.15, 0.2) is 6.07 Å². The molecule has 0 radical (unpaired) electrons. The van der Waals surface area contributed by atoms with Crippen molar-refractivity contribution < 1.29 is 4.74 Å². The summed E-state index contributed by atoms with van der Waals surface area (Å²) >= 11 is 0. The molecule has 1 aromatic rings. The predicted octanol–water partition coefficient (Wildman–Crippen LogP) is 2.02. The van der Waals surface area contributed by atoms with Gasteiger partial charge in [-0.3, -0.25) is 0 Å². The average molecular weight is 250 g/mol. The molecule has 5 heteroatoms. The van der Waals surface area contributed by atoms with Gasteiger partial charge in [0.15, 0.2) is 0 Å². The lowest BCUT2D eigenvalue weighted by molar-refractivity contribution is 0.0699. The van der Waals surface area contributed by atoms with Crippen LogP contribution in [0, 0.1) is 5.92 Å². The van der Waals surface area contributed by atoms with Crippen molar-refractivity contribution in [3.8, 4) is 0 Å². The van der Waals surface area contributed by atoms with E-state index in [0.717, 1.165) is 44.2 Å². The van der Waals surface area contributed by atoms with Crippen molar-refractivity contribution in [1.82, 2.24) is 9.97 Å². The molecule has 1 fully saturated rings. The SMILES string of the molecule is CC(C)c1nc(N)cc(NCC2CCOCC2)n1. The van der Waals surface area contributed by atoms with Gasteiger partial charge in [0.25, 0.3) is 0 Å². The topological polar surface area (TPSA) is 73.1 Å². The number of aromatic nitrogens is 2. The first-order chi connectivity index (χ1) is 8.65. The van der Waals surface area contributed by atoms with Gasteiger partial charge in [-0.05, 0) is 18.8 Å². The third-order valence-electron chi connectivity index (χ3n) is 3.19. The molecule has 3 N–H and O–H groups in total. The summed E-state index contributed by atoms with van der Waals surface area (Å²) < 4.78 is 5.35. The molecule has 0 aliphatic carbocycles. The van der Waals surface area contributed by atoms with Crippen molar-refractivity contribution in [2.45, 2.75) is 32.6 Å². The van der Waals surface area contributed by atoms with Gasteiger partial charge >= 0.3 is 0 Å². The fraction of sp³-hybridized carbons (Fsp3) is 0.692. The van der Waals surface area contributed by atoms with Gasteiger partial charge in [-0.1, -0.05) is 13.8 Å². The predicted molar refractivity (Wildman–Crippen MR) is 72.6 cm³/mol. The Balaban J connectivity index is 1.95. The number of hydrogen-bond donors (Lipinski definition) is 2. The highest BCUT2D eigenvalue weighted by Gasteiger charge is 2.14. The maximum absolute atomic E-state index is 5.79. The molecule has 0 atom stereocenters. The van der Waals surface area contributed by atoms with Crippen LogP contribution in [-0.2, 0) is 4.74 Å². The Hall–Kier alpha value is -1.36. The van der Waals surface area contributed by atoms with Gasteiger partial charge in [0, 0.05) is 31.7 Å². The first-order valence-corrected chi connectivity index (χ1v) is 6.61. The quantitative estimate of drug-likeness (QED) is 0.855. The fourth-order valence-electron chi connectivity index (χ4n) is 2.03. The Morgan fingerprint density at radius 3 is 2.78 bits per heavy atom. The minimum atomic E-state index is 0.289. The average Bonchev–Trinajstić information content (AvgIpc) is 2.37. The number of hydrogen-bond acceptors (Lipinski definition) is 5. The number of nitrogens with two attached hydrogens (primary N) is 1. The summed E-state index contributed by atoms with van der Waals surface area (Å²) in [6, 6.07) is 1.80. The molecule has 0 bridgehead atoms. The second-order valence-corrected chi connectivity index (χ2v) is 5.13. The van der Waals surface area contributed by atoms with Crippen molar-refractivity contribution in [3.05, 3.63) is 11.9 Å². The Morgan fingerprint density at radius 2 is 2.11 bits per heavy atom. The van der Waals surface area contributed by atoms with Crippen molar-refractivity contribution in [2.75, 3.05) is 30.8 Å². The Bertz CT molecular complexity index is 389. The molecule has 2 heterocycles. The lowest BCUT2D eigenvalue weighted by atomic mass is 10.0. The highest BCUT2D eigenvalue weighted by Crippen LogP contribution is 2.18. The van der Waals surface area contributed by atoms with Crippen LogP contribution in [0.4, 0.5) is 11.6 Å². The van der Waals surface area contributed by atoms with E-state index in [4.69, 9.17) is 10.5 Å². The van der Waals surface area contributed by atoms with Gasteiger partial charge in [0.1, 0.15) is 17.5 Å². The van der Waals surface area contributed by atoms with Gasteiger partial charge in [0.05, 0.1) is 0 Å². The van der Waals surface area contributed by atoms with Crippen LogP contribution in [0.5, 0.6) is 0 Å². The van der Waals surface area contributed by atoms with Crippen molar-refractivity contribution >= 4 is 11.6 Å². The normalized spacial score (nSPS) is 17.1. The molecule has 1 aromatic heterocycles. The molecular formula is C13H22N4O. The molecule has 1 saturated heterocycles. The number of ether oxygens (including phenoxy) is 1. The first-order valence-electron chi connectivity index (χ1n) is 6.61. The first kappa shape index (κ1) is 13.1. The van der Waals surface area contributed by atoms with Crippen molar-refractivity contribution in [3.63, 3.8) is 0 Å². The van der Waals surface area contributed by atoms with E-state index in [1.807, 2.05) is 0 Å². The van der Waals surface area contributed by atoms with E-state index >= 15 is 0 Å². The number of nitrogen functional groups attached to an aromatic ring is 1. The maximum atomic E-state index is 5.79. The van der Waals surface area contributed by atoms with Gasteiger partial charge in [-0.25, -0.2) is 9.97 Å². The molecule has 1 aliphatic rings. The lowest BCUT2D eigenvalue weighted by Gasteiger charge is -2.22. The molecule has 0 aromatic carbocycles. The molecule has 18 heavy (non-hydrogen) atoms. The van der Waals surface area contributed by atoms with Crippen LogP contribution in [0.25, 0.3) is 0 Å². The molecular weight excluding hydrogens is 228 g/mol. The van der Waals surface area contributed by atoms with E-state index in [1.54, 1.807) is 6.07 Å². The fourth-order valence-corrected chi connectivity index (χ4v) is 2.03. The summed E-state index contributed by atoms with van der Waals surface area (Å²) in [5.74, 6) is 3.11. The summed E-state index contributed by atoms with van der Waals surface area (Å²) in [5, 5.41) is 3.36. The maximum Gasteiger partial charge on any atom is 0.135 e. The lowest BCUT2D eigenvalue weighted by Crippen LogP contribution is -2.23. The van der Waals surface area contributed by atoms with Crippen LogP contribution >= 0.6 is 0 Å². The van der Waals surface area contributed by atoms with Crippen LogP contribution in [0.1, 0.15) is 38.4 Å². The minimum absolute atomic E-state index is 0.289. The van der Waals surface area contributed by atoms with Crippen LogP contribution in [0.3, 0.4) is 0 Å². The largest absolute Gasteiger partial charge is 0.384 e. The van der Waals surface area contributed by atoms with Crippen LogP contribution in [-0.4, -0.2) is 29.7 Å². The van der Waals surface area contributed by atoms with Crippen LogP contribution < -0.4 is 11.1 Å². The number of nitrogens with one attached hydrogen (secondary N) is 1. The second-order valence-electron chi connectivity index (χ2n) is 5.13. The Labute approximate surface area is 108 Å². The van der Waals surface area contributed by atoms with Gasteiger partial charge in [-0.15, -0.1) is 0 Å². The molecule has 5 nitrogen and oxygen atoms in total. The molecule has 0 amide bonds. The van der Waals surface area contributed by atoms with E-state index in [1.165, 1.54) is 0 Å². The van der Waals surface area contributed by atoms with Gasteiger partial charge < -0.3 is 15.8 Å². The van der Waals surface area contributed by atoms with E-state index in [0.29, 0.717) is 11.7 Å². The molecule has 1 aliphatic heterocycles. The third-order valence-corrected chi connectivity index (χ3v) is 3.19. The van der Waals surface area contributed by atoms with Gasteiger partial charge in [0.2, 0.25) is 0 Å². The zero-order valence-electron chi connectivity index (χ0n) is 11.1. The highest BCUT2D eigenvalue weighted by molar-refractivity contribution is 5.44. The second kappa shape index (κ2) is 6.00. The highest BCUT2D eigenvalue weighted by atomic mass is 16.5. The van der Waals surface area contributed by atoms with Crippen molar-refractivity contribution in [1.29, 1.82) is 0 Å². The van der Waals surface area contributed by atoms with Crippen LogP contribution in [0.2, 0.25) is 0 Å². The molecule has 2 rings (SSSR count). The standard InChI is InChI=1S/C13H22N4O/c1-9(2)13-16-11(14)7-12(17-13)15-8-10-3-5-18-6-4-10/h7,9-10H,3-6,8H2,1-2H3,(H3,14,15,16,17). The summed E-state index contributed by atoms with van der Waals surface area (Å²) in [4.78, 5) is 8.72.